The Morgan fingerprint density at radius 2 is 1.61 bits per heavy atom. The molecule has 36 heavy (non-hydrogen) atoms. The van der Waals surface area contributed by atoms with Crippen molar-refractivity contribution < 1.29 is 9.59 Å². The van der Waals surface area contributed by atoms with Gasteiger partial charge in [0.05, 0.1) is 24.2 Å². The molecule has 0 atom stereocenters. The first kappa shape index (κ1) is 23.9. The molecule has 1 aromatic carbocycles. The van der Waals surface area contributed by atoms with Crippen molar-refractivity contribution in [3.8, 4) is 0 Å². The number of benzene rings is 1. The van der Waals surface area contributed by atoms with Gasteiger partial charge in [0.1, 0.15) is 5.78 Å². The fourth-order valence-electron chi connectivity index (χ4n) is 4.47. The lowest BCUT2D eigenvalue weighted by Crippen LogP contribution is -2.23. The van der Waals surface area contributed by atoms with E-state index in [-0.39, 0.29) is 18.1 Å². The second kappa shape index (κ2) is 11.3. The van der Waals surface area contributed by atoms with Crippen LogP contribution in [-0.2, 0) is 35.3 Å². The third-order valence-corrected chi connectivity index (χ3v) is 7.45. The Labute approximate surface area is 214 Å². The summed E-state index contributed by atoms with van der Waals surface area (Å²) in [6, 6.07) is 19.2. The van der Waals surface area contributed by atoms with Gasteiger partial charge in [-0.05, 0) is 60.9 Å². The third kappa shape index (κ3) is 6.46. The molecule has 0 spiro atoms. The van der Waals surface area contributed by atoms with Crippen LogP contribution in [0.2, 0.25) is 0 Å². The zero-order valence-corrected chi connectivity index (χ0v) is 20.7. The Hall–Kier alpha value is -3.78. The molecule has 3 heterocycles. The Morgan fingerprint density at radius 3 is 2.36 bits per heavy atom. The van der Waals surface area contributed by atoms with Gasteiger partial charge in [-0.3, -0.25) is 14.6 Å². The van der Waals surface area contributed by atoms with Crippen LogP contribution in [0.5, 0.6) is 0 Å². The molecule has 0 bridgehead atoms. The van der Waals surface area contributed by atoms with E-state index in [4.69, 9.17) is 0 Å². The number of nitrogens with one attached hydrogen (secondary N) is 1. The SMILES string of the molecule is O=C(Cc1ccccc1)Cc1ccc(CC2CC(c3cnc(NC(=O)Cc4ccccn4)s3)C2)nn1. The minimum Gasteiger partial charge on any atom is -0.302 e. The van der Waals surface area contributed by atoms with E-state index in [1.165, 1.54) is 4.88 Å². The summed E-state index contributed by atoms with van der Waals surface area (Å²) >= 11 is 1.55. The fraction of sp³-hybridized carbons (Fsp3) is 0.286. The van der Waals surface area contributed by atoms with Crippen molar-refractivity contribution in [3.63, 3.8) is 0 Å². The van der Waals surface area contributed by atoms with Gasteiger partial charge in [0.25, 0.3) is 0 Å². The molecule has 0 aliphatic heterocycles. The van der Waals surface area contributed by atoms with Gasteiger partial charge in [-0.2, -0.15) is 10.2 Å². The van der Waals surface area contributed by atoms with E-state index in [1.54, 1.807) is 17.5 Å². The number of pyridine rings is 1. The summed E-state index contributed by atoms with van der Waals surface area (Å²) in [5.74, 6) is 1.06. The van der Waals surface area contributed by atoms with Gasteiger partial charge in [0.15, 0.2) is 5.13 Å². The predicted molar refractivity (Wildman–Crippen MR) is 139 cm³/mol. The van der Waals surface area contributed by atoms with Gasteiger partial charge in [-0.15, -0.1) is 11.3 Å². The molecule has 3 aromatic heterocycles. The highest BCUT2D eigenvalue weighted by Crippen LogP contribution is 2.45. The number of nitrogens with zero attached hydrogens (tertiary/aromatic N) is 4. The van der Waals surface area contributed by atoms with E-state index < -0.39 is 0 Å². The number of hydrogen-bond acceptors (Lipinski definition) is 7. The van der Waals surface area contributed by atoms with Gasteiger partial charge in [-0.1, -0.05) is 36.4 Å². The Kier molecular flexibility index (Phi) is 7.52. The molecular weight excluding hydrogens is 470 g/mol. The van der Waals surface area contributed by atoms with Crippen molar-refractivity contribution >= 4 is 28.2 Å². The first-order chi connectivity index (χ1) is 17.6. The number of carbonyl (C=O) groups is 2. The van der Waals surface area contributed by atoms with Crippen LogP contribution in [0, 0.1) is 5.92 Å². The van der Waals surface area contributed by atoms with Crippen LogP contribution in [0.15, 0.2) is 73.1 Å². The van der Waals surface area contributed by atoms with Crippen molar-refractivity contribution in [1.82, 2.24) is 20.2 Å². The van der Waals surface area contributed by atoms with Gasteiger partial charge >= 0.3 is 0 Å². The number of rotatable bonds is 10. The molecule has 1 aliphatic rings. The highest BCUT2D eigenvalue weighted by molar-refractivity contribution is 7.15. The minimum absolute atomic E-state index is 0.107. The second-order valence-electron chi connectivity index (χ2n) is 9.25. The van der Waals surface area contributed by atoms with Crippen LogP contribution in [-0.4, -0.2) is 31.9 Å². The molecule has 4 aromatic rings. The van der Waals surface area contributed by atoms with E-state index in [2.05, 4.69) is 25.5 Å². The van der Waals surface area contributed by atoms with E-state index in [0.29, 0.717) is 35.5 Å². The topological polar surface area (TPSA) is 97.7 Å². The molecule has 0 unspecified atom stereocenters. The number of carbonyl (C=O) groups excluding carboxylic acids is 2. The number of ketones is 1. The van der Waals surface area contributed by atoms with Crippen molar-refractivity contribution in [2.24, 2.45) is 5.92 Å². The molecule has 182 valence electrons. The predicted octanol–water partition coefficient (Wildman–Crippen LogP) is 4.60. The summed E-state index contributed by atoms with van der Waals surface area (Å²) in [5.41, 5.74) is 3.44. The van der Waals surface area contributed by atoms with Crippen LogP contribution >= 0.6 is 11.3 Å². The van der Waals surface area contributed by atoms with E-state index in [1.807, 2.05) is 66.9 Å². The molecule has 1 saturated carbocycles. The molecule has 7 nitrogen and oxygen atoms in total. The Morgan fingerprint density at radius 1 is 0.833 bits per heavy atom. The quantitative estimate of drug-likeness (QED) is 0.344. The van der Waals surface area contributed by atoms with Crippen molar-refractivity contribution in [2.75, 3.05) is 5.32 Å². The largest absolute Gasteiger partial charge is 0.302 e. The summed E-state index contributed by atoms with van der Waals surface area (Å²) in [7, 11) is 0. The van der Waals surface area contributed by atoms with Gasteiger partial charge in [-0.25, -0.2) is 4.98 Å². The molecule has 1 N–H and O–H groups in total. The first-order valence-corrected chi connectivity index (χ1v) is 12.9. The van der Waals surface area contributed by atoms with Crippen molar-refractivity contribution in [2.45, 2.75) is 44.4 Å². The lowest BCUT2D eigenvalue weighted by molar-refractivity contribution is -0.118. The highest BCUT2D eigenvalue weighted by Gasteiger charge is 2.32. The smallest absolute Gasteiger partial charge is 0.232 e. The van der Waals surface area contributed by atoms with Gasteiger partial charge in [0.2, 0.25) is 5.91 Å². The zero-order chi connectivity index (χ0) is 24.7. The summed E-state index contributed by atoms with van der Waals surface area (Å²) < 4.78 is 0. The van der Waals surface area contributed by atoms with Crippen molar-refractivity contribution in [1.29, 1.82) is 0 Å². The summed E-state index contributed by atoms with van der Waals surface area (Å²) in [4.78, 5) is 34.3. The zero-order valence-electron chi connectivity index (χ0n) is 19.8. The summed E-state index contributed by atoms with van der Waals surface area (Å²) in [6.07, 6.45) is 7.55. The van der Waals surface area contributed by atoms with E-state index in [9.17, 15) is 9.59 Å². The standard InChI is InChI=1S/C28H27N5O2S/c34-25(15-19-6-2-1-3-7-19)16-24-10-9-23(32-33-24)14-20-12-21(13-20)26-18-30-28(36-26)31-27(35)17-22-8-4-5-11-29-22/h1-11,18,20-21H,12-17H2,(H,30,31,35). The first-order valence-electron chi connectivity index (χ1n) is 12.1. The lowest BCUT2D eigenvalue weighted by atomic mass is 9.72. The van der Waals surface area contributed by atoms with E-state index >= 15 is 0 Å². The molecule has 1 aliphatic carbocycles. The van der Waals surface area contributed by atoms with Gasteiger partial charge < -0.3 is 5.32 Å². The normalized spacial score (nSPS) is 16.8. The monoisotopic (exact) mass is 497 g/mol. The fourth-order valence-corrected chi connectivity index (χ4v) is 5.43. The maximum atomic E-state index is 12.3. The number of Topliss-reactive ketones (excluding diaryl/α,β-unsaturated/α-hetero) is 1. The molecule has 0 radical (unpaired) electrons. The number of thiazole rings is 1. The molecule has 8 heteroatoms. The lowest BCUT2D eigenvalue weighted by Gasteiger charge is -2.34. The summed E-state index contributed by atoms with van der Waals surface area (Å²) in [6.45, 7) is 0. The van der Waals surface area contributed by atoms with Crippen LogP contribution in [0.1, 0.15) is 46.3 Å². The maximum Gasteiger partial charge on any atom is 0.232 e. The van der Waals surface area contributed by atoms with Crippen LogP contribution in [0.3, 0.4) is 0 Å². The van der Waals surface area contributed by atoms with Crippen molar-refractivity contribution in [3.05, 3.63) is 101 Å². The highest BCUT2D eigenvalue weighted by atomic mass is 32.1. The molecule has 1 fully saturated rings. The van der Waals surface area contributed by atoms with Crippen LogP contribution in [0.25, 0.3) is 0 Å². The average Bonchev–Trinajstić information content (AvgIpc) is 3.31. The number of hydrogen-bond donors (Lipinski definition) is 1. The maximum absolute atomic E-state index is 12.3. The Bertz CT molecular complexity index is 1300. The number of anilines is 1. The van der Waals surface area contributed by atoms with E-state index in [0.717, 1.165) is 36.2 Å². The Balaban J connectivity index is 1.05. The molecule has 5 rings (SSSR count). The number of amides is 1. The second-order valence-corrected chi connectivity index (χ2v) is 10.3. The summed E-state index contributed by atoms with van der Waals surface area (Å²) in [5, 5.41) is 12.2. The van der Waals surface area contributed by atoms with Crippen LogP contribution < -0.4 is 5.32 Å². The number of aromatic nitrogens is 4. The minimum atomic E-state index is -0.107. The molecule has 1 amide bonds. The third-order valence-electron chi connectivity index (χ3n) is 6.37. The molecule has 0 saturated heterocycles. The van der Waals surface area contributed by atoms with Gasteiger partial charge in [0, 0.05) is 29.4 Å². The molecular formula is C28H27N5O2S. The average molecular weight is 498 g/mol. The van der Waals surface area contributed by atoms with Crippen LogP contribution in [0.4, 0.5) is 5.13 Å².